The summed E-state index contributed by atoms with van der Waals surface area (Å²) in [5.74, 6) is 0.279. The minimum absolute atomic E-state index is 0.0659. The lowest BCUT2D eigenvalue weighted by Crippen LogP contribution is -2.35. The Morgan fingerprint density at radius 1 is 1.33 bits per heavy atom. The first-order valence-electron chi connectivity index (χ1n) is 5.03. The molecule has 0 spiro atoms. The predicted molar refractivity (Wildman–Crippen MR) is 54.8 cm³/mol. The van der Waals surface area contributed by atoms with Gasteiger partial charge in [0.2, 0.25) is 11.9 Å². The van der Waals surface area contributed by atoms with E-state index in [0.29, 0.717) is 12.0 Å². The number of hydrogen-bond acceptors (Lipinski definition) is 5. The van der Waals surface area contributed by atoms with Crippen LogP contribution in [-0.4, -0.2) is 27.0 Å². The molecule has 0 unspecified atom stereocenters. The fourth-order valence-corrected chi connectivity index (χ4v) is 1.64. The van der Waals surface area contributed by atoms with E-state index in [4.69, 9.17) is 5.73 Å². The third kappa shape index (κ3) is 2.14. The number of hydrogen-bond donors (Lipinski definition) is 1. The first kappa shape index (κ1) is 10.1. The van der Waals surface area contributed by atoms with Crippen LogP contribution >= 0.6 is 0 Å². The number of aromatic nitrogens is 3. The van der Waals surface area contributed by atoms with Gasteiger partial charge in [0.25, 0.3) is 0 Å². The summed E-state index contributed by atoms with van der Waals surface area (Å²) in [4.78, 5) is 12.9. The minimum atomic E-state index is -0.816. The Hall–Kier alpha value is -1.46. The summed E-state index contributed by atoms with van der Waals surface area (Å²) >= 11 is 0. The second-order valence-electron chi connectivity index (χ2n) is 3.99. The van der Waals surface area contributed by atoms with Gasteiger partial charge in [-0.15, -0.1) is 0 Å². The van der Waals surface area contributed by atoms with Crippen molar-refractivity contribution >= 4 is 11.9 Å². The number of nitrogens with zero attached hydrogens (tertiary/aromatic N) is 4. The van der Waals surface area contributed by atoms with Crippen LogP contribution in [0, 0.1) is 6.08 Å². The molecule has 0 aromatic carbocycles. The van der Waals surface area contributed by atoms with E-state index in [0.717, 1.165) is 12.8 Å². The number of rotatable bonds is 3. The molecule has 82 valence electrons. The van der Waals surface area contributed by atoms with Crippen LogP contribution in [0.4, 0.5) is 16.3 Å². The van der Waals surface area contributed by atoms with Crippen molar-refractivity contribution < 1.29 is 4.39 Å². The van der Waals surface area contributed by atoms with E-state index in [2.05, 4.69) is 15.0 Å². The molecule has 1 fully saturated rings. The fourth-order valence-electron chi connectivity index (χ4n) is 1.64. The van der Waals surface area contributed by atoms with Crippen LogP contribution in [0.15, 0.2) is 0 Å². The van der Waals surface area contributed by atoms with Gasteiger partial charge >= 0.3 is 6.08 Å². The average molecular weight is 211 g/mol. The molecule has 0 atom stereocenters. The Morgan fingerprint density at radius 2 is 2.00 bits per heavy atom. The lowest BCUT2D eigenvalue weighted by atomic mass is 10.3. The highest BCUT2D eigenvalue weighted by atomic mass is 19.1. The molecule has 0 saturated heterocycles. The molecule has 2 rings (SSSR count). The Balaban J connectivity index is 2.32. The molecule has 0 radical (unpaired) electrons. The summed E-state index contributed by atoms with van der Waals surface area (Å²) in [6.45, 7) is 4.05. The summed E-state index contributed by atoms with van der Waals surface area (Å²) in [6.07, 6.45) is 1.39. The number of halogens is 1. The molecule has 1 aliphatic carbocycles. The molecule has 2 N–H and O–H groups in total. The standard InChI is InChI=1S/C9H14FN5/c1-5(2)15(6-3-4-6)9-13-7(10)12-8(11)14-9/h5-6H,3-4H2,1-2H3,(H2,11,12,13,14). The van der Waals surface area contributed by atoms with Gasteiger partial charge in [-0.05, 0) is 26.7 Å². The molecule has 0 amide bonds. The van der Waals surface area contributed by atoms with Gasteiger partial charge < -0.3 is 10.6 Å². The van der Waals surface area contributed by atoms with E-state index >= 15 is 0 Å². The molecule has 1 saturated carbocycles. The quantitative estimate of drug-likeness (QED) is 0.806. The van der Waals surface area contributed by atoms with Crippen LogP contribution in [0.25, 0.3) is 0 Å². The van der Waals surface area contributed by atoms with Gasteiger partial charge in [-0.3, -0.25) is 0 Å². The summed E-state index contributed by atoms with van der Waals surface area (Å²) < 4.78 is 13.0. The van der Waals surface area contributed by atoms with E-state index in [9.17, 15) is 4.39 Å². The first-order valence-corrected chi connectivity index (χ1v) is 5.03. The van der Waals surface area contributed by atoms with Crippen molar-refractivity contribution in [1.29, 1.82) is 0 Å². The maximum Gasteiger partial charge on any atom is 0.315 e. The van der Waals surface area contributed by atoms with Crippen LogP contribution in [-0.2, 0) is 0 Å². The molecular formula is C9H14FN5. The van der Waals surface area contributed by atoms with Crippen molar-refractivity contribution in [2.45, 2.75) is 38.8 Å². The summed E-state index contributed by atoms with van der Waals surface area (Å²) in [6, 6.07) is 0.657. The highest BCUT2D eigenvalue weighted by Gasteiger charge is 2.33. The zero-order valence-corrected chi connectivity index (χ0v) is 8.81. The van der Waals surface area contributed by atoms with Crippen molar-refractivity contribution in [2.75, 3.05) is 10.6 Å². The average Bonchev–Trinajstić information content (AvgIpc) is 2.85. The Labute approximate surface area is 87.5 Å². The highest BCUT2D eigenvalue weighted by Crippen LogP contribution is 2.31. The van der Waals surface area contributed by atoms with E-state index in [-0.39, 0.29) is 12.0 Å². The fraction of sp³-hybridized carbons (Fsp3) is 0.667. The van der Waals surface area contributed by atoms with Gasteiger partial charge in [-0.25, -0.2) is 0 Å². The van der Waals surface area contributed by atoms with Crippen molar-refractivity contribution in [3.05, 3.63) is 6.08 Å². The summed E-state index contributed by atoms with van der Waals surface area (Å²) in [5, 5.41) is 0. The first-order chi connectivity index (χ1) is 7.08. The molecule has 0 aliphatic heterocycles. The zero-order chi connectivity index (χ0) is 11.0. The lowest BCUT2D eigenvalue weighted by molar-refractivity contribution is 0.527. The monoisotopic (exact) mass is 211 g/mol. The normalized spacial score (nSPS) is 15.7. The van der Waals surface area contributed by atoms with Crippen molar-refractivity contribution in [2.24, 2.45) is 0 Å². The second-order valence-corrected chi connectivity index (χ2v) is 3.99. The zero-order valence-electron chi connectivity index (χ0n) is 8.81. The number of nitrogens with two attached hydrogens (primary N) is 1. The smallest absolute Gasteiger partial charge is 0.315 e. The predicted octanol–water partition coefficient (Wildman–Crippen LogP) is 0.970. The Kier molecular flexibility index (Phi) is 2.42. The van der Waals surface area contributed by atoms with E-state index in [1.165, 1.54) is 0 Å². The van der Waals surface area contributed by atoms with Crippen LogP contribution in [0.3, 0.4) is 0 Å². The van der Waals surface area contributed by atoms with Crippen LogP contribution in [0.5, 0.6) is 0 Å². The maximum absolute atomic E-state index is 13.0. The maximum atomic E-state index is 13.0. The van der Waals surface area contributed by atoms with E-state index in [1.54, 1.807) is 0 Å². The van der Waals surface area contributed by atoms with Crippen LogP contribution < -0.4 is 10.6 Å². The van der Waals surface area contributed by atoms with Crippen molar-refractivity contribution in [3.8, 4) is 0 Å². The van der Waals surface area contributed by atoms with Gasteiger partial charge in [0.05, 0.1) is 0 Å². The second kappa shape index (κ2) is 3.60. The molecule has 0 bridgehead atoms. The molecule has 1 aliphatic rings. The number of anilines is 2. The van der Waals surface area contributed by atoms with Gasteiger partial charge in [-0.2, -0.15) is 19.3 Å². The lowest BCUT2D eigenvalue weighted by Gasteiger charge is -2.26. The molecule has 1 aromatic heterocycles. The molecular weight excluding hydrogens is 197 g/mol. The summed E-state index contributed by atoms with van der Waals surface area (Å²) in [5.41, 5.74) is 5.39. The number of nitrogen functional groups attached to an aromatic ring is 1. The minimum Gasteiger partial charge on any atom is -0.368 e. The van der Waals surface area contributed by atoms with Gasteiger partial charge in [-0.1, -0.05) is 0 Å². The largest absolute Gasteiger partial charge is 0.368 e. The van der Waals surface area contributed by atoms with Crippen molar-refractivity contribution in [1.82, 2.24) is 15.0 Å². The molecule has 6 heteroatoms. The molecule has 1 aromatic rings. The Morgan fingerprint density at radius 3 is 2.47 bits per heavy atom. The topological polar surface area (TPSA) is 67.9 Å². The van der Waals surface area contributed by atoms with Crippen molar-refractivity contribution in [3.63, 3.8) is 0 Å². The van der Waals surface area contributed by atoms with Gasteiger partial charge in [0, 0.05) is 12.1 Å². The SMILES string of the molecule is CC(C)N(c1nc(N)nc(F)n1)C1CC1. The molecule has 15 heavy (non-hydrogen) atoms. The molecule has 1 heterocycles. The highest BCUT2D eigenvalue weighted by molar-refractivity contribution is 5.37. The summed E-state index contributed by atoms with van der Waals surface area (Å²) in [7, 11) is 0. The third-order valence-electron chi connectivity index (χ3n) is 2.34. The van der Waals surface area contributed by atoms with Gasteiger partial charge in [0.15, 0.2) is 0 Å². The van der Waals surface area contributed by atoms with Crippen LogP contribution in [0.1, 0.15) is 26.7 Å². The third-order valence-corrected chi connectivity index (χ3v) is 2.34. The van der Waals surface area contributed by atoms with E-state index in [1.807, 2.05) is 18.7 Å². The van der Waals surface area contributed by atoms with Crippen LogP contribution in [0.2, 0.25) is 0 Å². The Bertz CT molecular complexity index is 341. The van der Waals surface area contributed by atoms with E-state index < -0.39 is 6.08 Å². The molecule has 5 nitrogen and oxygen atoms in total. The van der Waals surface area contributed by atoms with Gasteiger partial charge in [0.1, 0.15) is 0 Å².